The Morgan fingerprint density at radius 2 is 1.85 bits per heavy atom. The SMILES string of the molecule is CCN1CCN(c2ccc(C=C3CCCN=C3c3cccnc3)cc2)CC1. The van der Waals surface area contributed by atoms with Crippen LogP contribution in [-0.4, -0.2) is 54.9 Å². The standard InChI is InChI=1S/C23H28N4/c1-2-26-13-15-27(16-14-26)22-9-7-19(8-10-22)17-20-5-4-12-25-23(20)21-6-3-11-24-18-21/h3,6-11,17-18H,2,4-5,12-16H2,1H3. The summed E-state index contributed by atoms with van der Waals surface area (Å²) in [5.41, 5.74) is 6.12. The van der Waals surface area contributed by atoms with Gasteiger partial charge in [0.1, 0.15) is 0 Å². The first-order valence-electron chi connectivity index (χ1n) is 10.1. The highest BCUT2D eigenvalue weighted by atomic mass is 15.3. The Kier molecular flexibility index (Phi) is 5.64. The van der Waals surface area contributed by atoms with Gasteiger partial charge in [0.15, 0.2) is 0 Å². The van der Waals surface area contributed by atoms with Crippen molar-refractivity contribution in [3.63, 3.8) is 0 Å². The third-order valence-electron chi connectivity index (χ3n) is 5.53. The van der Waals surface area contributed by atoms with Crippen LogP contribution in [0, 0.1) is 0 Å². The maximum absolute atomic E-state index is 4.78. The van der Waals surface area contributed by atoms with E-state index in [1.165, 1.54) is 16.8 Å². The van der Waals surface area contributed by atoms with Gasteiger partial charge in [0.25, 0.3) is 0 Å². The average Bonchev–Trinajstić information content (AvgIpc) is 2.75. The molecule has 1 aromatic carbocycles. The highest BCUT2D eigenvalue weighted by Gasteiger charge is 2.16. The van der Waals surface area contributed by atoms with Crippen LogP contribution in [0.3, 0.4) is 0 Å². The van der Waals surface area contributed by atoms with Gasteiger partial charge in [-0.1, -0.05) is 19.1 Å². The van der Waals surface area contributed by atoms with Crippen molar-refractivity contribution >= 4 is 17.5 Å². The van der Waals surface area contributed by atoms with Crippen LogP contribution in [0.1, 0.15) is 30.9 Å². The molecule has 0 N–H and O–H groups in total. The third kappa shape index (κ3) is 4.28. The van der Waals surface area contributed by atoms with E-state index in [0.29, 0.717) is 0 Å². The molecule has 0 radical (unpaired) electrons. The highest BCUT2D eigenvalue weighted by Crippen LogP contribution is 2.23. The molecule has 0 unspecified atom stereocenters. The van der Waals surface area contributed by atoms with Gasteiger partial charge in [0.2, 0.25) is 0 Å². The lowest BCUT2D eigenvalue weighted by Gasteiger charge is -2.35. The number of nitrogens with zero attached hydrogens (tertiary/aromatic N) is 4. The first-order chi connectivity index (χ1) is 13.3. The molecule has 1 saturated heterocycles. The molecule has 4 rings (SSSR count). The molecule has 4 heteroatoms. The molecular weight excluding hydrogens is 332 g/mol. The Morgan fingerprint density at radius 3 is 2.56 bits per heavy atom. The number of allylic oxidation sites excluding steroid dienone is 1. The summed E-state index contributed by atoms with van der Waals surface area (Å²) in [4.78, 5) is 14.0. The van der Waals surface area contributed by atoms with Gasteiger partial charge in [0.05, 0.1) is 5.71 Å². The molecule has 0 spiro atoms. The molecule has 140 valence electrons. The lowest BCUT2D eigenvalue weighted by atomic mass is 9.95. The number of pyridine rings is 1. The summed E-state index contributed by atoms with van der Waals surface area (Å²) in [6.07, 6.45) is 8.22. The van der Waals surface area contributed by atoms with Gasteiger partial charge in [-0.3, -0.25) is 9.98 Å². The van der Waals surface area contributed by atoms with Crippen molar-refractivity contribution in [3.8, 4) is 0 Å². The average molecular weight is 361 g/mol. The number of piperazine rings is 1. The van der Waals surface area contributed by atoms with E-state index in [2.05, 4.69) is 58.1 Å². The molecule has 2 aromatic rings. The number of aliphatic imine (C=N–C) groups is 1. The minimum absolute atomic E-state index is 0.907. The number of hydrogen-bond donors (Lipinski definition) is 0. The third-order valence-corrected chi connectivity index (χ3v) is 5.53. The molecule has 27 heavy (non-hydrogen) atoms. The van der Waals surface area contributed by atoms with Crippen LogP contribution < -0.4 is 4.90 Å². The zero-order valence-electron chi connectivity index (χ0n) is 16.1. The summed E-state index contributed by atoms with van der Waals surface area (Å²) in [5, 5.41) is 0. The molecule has 0 aliphatic carbocycles. The van der Waals surface area contributed by atoms with E-state index in [0.717, 1.165) is 63.4 Å². The van der Waals surface area contributed by atoms with E-state index < -0.39 is 0 Å². The summed E-state index contributed by atoms with van der Waals surface area (Å²) in [7, 11) is 0. The molecule has 3 heterocycles. The Morgan fingerprint density at radius 1 is 1.04 bits per heavy atom. The smallest absolute Gasteiger partial charge is 0.0694 e. The lowest BCUT2D eigenvalue weighted by Crippen LogP contribution is -2.46. The monoisotopic (exact) mass is 360 g/mol. The van der Waals surface area contributed by atoms with Gasteiger partial charge in [-0.15, -0.1) is 0 Å². The summed E-state index contributed by atoms with van der Waals surface area (Å²) in [6.45, 7) is 8.86. The van der Waals surface area contributed by atoms with Crippen LogP contribution in [0.25, 0.3) is 6.08 Å². The Hall–Kier alpha value is -2.46. The van der Waals surface area contributed by atoms with Gasteiger partial charge in [0, 0.05) is 56.4 Å². The lowest BCUT2D eigenvalue weighted by molar-refractivity contribution is 0.271. The van der Waals surface area contributed by atoms with E-state index in [-0.39, 0.29) is 0 Å². The van der Waals surface area contributed by atoms with Crippen LogP contribution in [0.15, 0.2) is 59.4 Å². The fourth-order valence-electron chi connectivity index (χ4n) is 3.91. The van der Waals surface area contributed by atoms with Gasteiger partial charge in [-0.25, -0.2) is 0 Å². The number of rotatable bonds is 4. The maximum atomic E-state index is 4.78. The van der Waals surface area contributed by atoms with Gasteiger partial charge < -0.3 is 9.80 Å². The normalized spacial score (nSPS) is 20.0. The minimum Gasteiger partial charge on any atom is -0.369 e. The first-order valence-corrected chi connectivity index (χ1v) is 10.1. The van der Waals surface area contributed by atoms with Crippen LogP contribution in [0.5, 0.6) is 0 Å². The number of anilines is 1. The van der Waals surface area contributed by atoms with Crippen LogP contribution in [-0.2, 0) is 0 Å². The fraction of sp³-hybridized carbons (Fsp3) is 0.391. The van der Waals surface area contributed by atoms with E-state index in [1.807, 2.05) is 18.5 Å². The van der Waals surface area contributed by atoms with E-state index in [4.69, 9.17) is 4.99 Å². The number of likely N-dealkylation sites (N-methyl/N-ethyl adjacent to an activating group) is 1. The van der Waals surface area contributed by atoms with Gasteiger partial charge in [-0.2, -0.15) is 0 Å². The van der Waals surface area contributed by atoms with Gasteiger partial charge in [-0.05, 0) is 60.9 Å². The van der Waals surface area contributed by atoms with Crippen LogP contribution in [0.2, 0.25) is 0 Å². The Labute approximate surface area is 162 Å². The molecule has 2 aliphatic rings. The van der Waals surface area contributed by atoms with Crippen LogP contribution in [0.4, 0.5) is 5.69 Å². The van der Waals surface area contributed by atoms with Crippen molar-refractivity contribution in [3.05, 3.63) is 65.5 Å². The Bertz CT molecular complexity index is 800. The van der Waals surface area contributed by atoms with E-state index >= 15 is 0 Å². The van der Waals surface area contributed by atoms with Crippen molar-refractivity contribution < 1.29 is 0 Å². The molecular formula is C23H28N4. The summed E-state index contributed by atoms with van der Waals surface area (Å²) in [5.74, 6) is 0. The summed E-state index contributed by atoms with van der Waals surface area (Å²) >= 11 is 0. The maximum Gasteiger partial charge on any atom is 0.0694 e. The van der Waals surface area contributed by atoms with Crippen molar-refractivity contribution in [2.45, 2.75) is 19.8 Å². The van der Waals surface area contributed by atoms with Gasteiger partial charge >= 0.3 is 0 Å². The molecule has 0 amide bonds. The molecule has 4 nitrogen and oxygen atoms in total. The molecule has 0 bridgehead atoms. The van der Waals surface area contributed by atoms with Crippen LogP contribution >= 0.6 is 0 Å². The van der Waals surface area contributed by atoms with E-state index in [9.17, 15) is 0 Å². The molecule has 1 fully saturated rings. The summed E-state index contributed by atoms with van der Waals surface area (Å²) < 4.78 is 0. The second kappa shape index (κ2) is 8.49. The van der Waals surface area contributed by atoms with E-state index in [1.54, 1.807) is 0 Å². The van der Waals surface area contributed by atoms with Crippen molar-refractivity contribution in [1.82, 2.24) is 9.88 Å². The number of benzene rings is 1. The first kappa shape index (κ1) is 17.9. The highest BCUT2D eigenvalue weighted by molar-refractivity contribution is 6.15. The molecule has 1 aromatic heterocycles. The number of aromatic nitrogens is 1. The minimum atomic E-state index is 0.907. The second-order valence-electron chi connectivity index (χ2n) is 7.26. The number of hydrogen-bond acceptors (Lipinski definition) is 4. The largest absolute Gasteiger partial charge is 0.369 e. The predicted molar refractivity (Wildman–Crippen MR) is 114 cm³/mol. The molecule has 0 saturated carbocycles. The van der Waals surface area contributed by atoms with Crippen molar-refractivity contribution in [2.75, 3.05) is 44.2 Å². The second-order valence-corrected chi connectivity index (χ2v) is 7.26. The summed E-state index contributed by atoms with van der Waals surface area (Å²) in [6, 6.07) is 13.1. The fourth-order valence-corrected chi connectivity index (χ4v) is 3.91. The molecule has 0 atom stereocenters. The quantitative estimate of drug-likeness (QED) is 0.829. The zero-order valence-corrected chi connectivity index (χ0v) is 16.1. The predicted octanol–water partition coefficient (Wildman–Crippen LogP) is 3.89. The topological polar surface area (TPSA) is 31.7 Å². The molecule has 2 aliphatic heterocycles. The van der Waals surface area contributed by atoms with Crippen molar-refractivity contribution in [1.29, 1.82) is 0 Å². The zero-order chi connectivity index (χ0) is 18.5. The Balaban J connectivity index is 1.50. The van der Waals surface area contributed by atoms with Crippen molar-refractivity contribution in [2.24, 2.45) is 4.99 Å².